The van der Waals surface area contributed by atoms with Crippen LogP contribution >= 0.6 is 0 Å². The predicted octanol–water partition coefficient (Wildman–Crippen LogP) is 1.02. The Kier molecular flexibility index (Phi) is 4.32. The highest BCUT2D eigenvalue weighted by molar-refractivity contribution is 5.66. The maximum Gasteiger partial charge on any atom is 0.434 e. The Morgan fingerprint density at radius 3 is 2.90 bits per heavy atom. The van der Waals surface area contributed by atoms with Crippen LogP contribution < -0.4 is 0 Å². The highest BCUT2D eigenvalue weighted by atomic mass is 16.6. The van der Waals surface area contributed by atoms with Crippen LogP contribution in [0, 0.1) is 0 Å². The van der Waals surface area contributed by atoms with E-state index in [9.17, 15) is 4.79 Å². The Labute approximate surface area is 59.7 Å². The van der Waals surface area contributed by atoms with Gasteiger partial charge in [-0.05, 0) is 6.92 Å². The second kappa shape index (κ2) is 4.81. The van der Waals surface area contributed by atoms with Gasteiger partial charge in [-0.2, -0.15) is 5.06 Å². The molecule has 0 bridgehead atoms. The first-order valence-corrected chi connectivity index (χ1v) is 2.96. The Hall–Kier alpha value is -1.03. The SMILES string of the molecule is C=CCN(O)C(=O)OCC. The van der Waals surface area contributed by atoms with Crippen molar-refractivity contribution < 1.29 is 14.7 Å². The molecule has 0 aliphatic carbocycles. The maximum atomic E-state index is 10.5. The molecule has 0 aliphatic heterocycles. The Bertz CT molecular complexity index is 124. The van der Waals surface area contributed by atoms with E-state index in [0.29, 0.717) is 5.06 Å². The van der Waals surface area contributed by atoms with Crippen LogP contribution in [0.3, 0.4) is 0 Å². The van der Waals surface area contributed by atoms with E-state index in [0.717, 1.165) is 0 Å². The lowest BCUT2D eigenvalue weighted by atomic mass is 10.6. The number of hydrogen-bond acceptors (Lipinski definition) is 3. The van der Waals surface area contributed by atoms with Crippen molar-refractivity contribution in [3.8, 4) is 0 Å². The van der Waals surface area contributed by atoms with Crippen LogP contribution in [-0.2, 0) is 4.74 Å². The van der Waals surface area contributed by atoms with Gasteiger partial charge in [-0.3, -0.25) is 5.21 Å². The standard InChI is InChI=1S/C6H11NO3/c1-3-5-7(9)6(8)10-4-2/h3,9H,1,4-5H2,2H3. The smallest absolute Gasteiger partial charge is 0.434 e. The number of carbonyl (C=O) groups excluding carboxylic acids is 1. The topological polar surface area (TPSA) is 49.8 Å². The molecule has 0 aliphatic rings. The van der Waals surface area contributed by atoms with Gasteiger partial charge in [-0.25, -0.2) is 4.79 Å². The molecule has 0 aromatic heterocycles. The fraction of sp³-hybridized carbons (Fsp3) is 0.500. The number of hydroxylamine groups is 2. The lowest BCUT2D eigenvalue weighted by molar-refractivity contribution is -0.0642. The minimum absolute atomic E-state index is 0.0822. The second-order valence-corrected chi connectivity index (χ2v) is 1.57. The van der Waals surface area contributed by atoms with Crippen LogP contribution in [0.4, 0.5) is 4.79 Å². The molecule has 0 spiro atoms. The quantitative estimate of drug-likeness (QED) is 0.366. The molecule has 1 amide bonds. The van der Waals surface area contributed by atoms with Gasteiger partial charge in [-0.1, -0.05) is 6.08 Å². The average Bonchev–Trinajstić information content (AvgIpc) is 1.89. The van der Waals surface area contributed by atoms with Gasteiger partial charge < -0.3 is 4.74 Å². The summed E-state index contributed by atoms with van der Waals surface area (Å²) in [5.74, 6) is 0. The third-order valence-corrected chi connectivity index (χ3v) is 0.781. The number of ether oxygens (including phenoxy) is 1. The summed E-state index contributed by atoms with van der Waals surface area (Å²) in [6.45, 7) is 5.34. The van der Waals surface area contributed by atoms with E-state index in [1.165, 1.54) is 6.08 Å². The monoisotopic (exact) mass is 145 g/mol. The zero-order chi connectivity index (χ0) is 7.98. The number of hydrogen-bond donors (Lipinski definition) is 1. The van der Waals surface area contributed by atoms with E-state index in [1.54, 1.807) is 6.92 Å². The van der Waals surface area contributed by atoms with Crippen molar-refractivity contribution in [2.45, 2.75) is 6.92 Å². The summed E-state index contributed by atoms with van der Waals surface area (Å²) >= 11 is 0. The summed E-state index contributed by atoms with van der Waals surface area (Å²) in [6, 6.07) is 0. The van der Waals surface area contributed by atoms with Crippen molar-refractivity contribution in [2.75, 3.05) is 13.2 Å². The molecule has 4 heteroatoms. The summed E-state index contributed by atoms with van der Waals surface area (Å²) in [5, 5.41) is 9.19. The van der Waals surface area contributed by atoms with Gasteiger partial charge >= 0.3 is 6.09 Å². The minimum atomic E-state index is -0.748. The van der Waals surface area contributed by atoms with E-state index in [4.69, 9.17) is 5.21 Å². The molecule has 0 aromatic rings. The van der Waals surface area contributed by atoms with Gasteiger partial charge in [0, 0.05) is 0 Å². The first-order valence-electron chi connectivity index (χ1n) is 2.96. The Morgan fingerprint density at radius 2 is 2.50 bits per heavy atom. The molecule has 10 heavy (non-hydrogen) atoms. The van der Waals surface area contributed by atoms with Crippen molar-refractivity contribution in [3.05, 3.63) is 12.7 Å². The lowest BCUT2D eigenvalue weighted by Gasteiger charge is -2.10. The molecule has 58 valence electrons. The van der Waals surface area contributed by atoms with E-state index in [1.807, 2.05) is 0 Å². The normalized spacial score (nSPS) is 8.60. The van der Waals surface area contributed by atoms with Gasteiger partial charge in [0.2, 0.25) is 0 Å². The van der Waals surface area contributed by atoms with Crippen LogP contribution in [0.2, 0.25) is 0 Å². The van der Waals surface area contributed by atoms with Crippen molar-refractivity contribution in [1.82, 2.24) is 5.06 Å². The molecule has 0 unspecified atom stereocenters. The van der Waals surface area contributed by atoms with Crippen LogP contribution in [0.15, 0.2) is 12.7 Å². The summed E-state index contributed by atoms with van der Waals surface area (Å²) in [6.07, 6.45) is 0.652. The third kappa shape index (κ3) is 3.09. The first kappa shape index (κ1) is 8.97. The van der Waals surface area contributed by atoms with Gasteiger partial charge in [0.25, 0.3) is 0 Å². The van der Waals surface area contributed by atoms with Crippen LogP contribution in [0.1, 0.15) is 6.92 Å². The van der Waals surface area contributed by atoms with E-state index >= 15 is 0 Å². The maximum absolute atomic E-state index is 10.5. The van der Waals surface area contributed by atoms with Gasteiger partial charge in [0.15, 0.2) is 0 Å². The fourth-order valence-electron chi connectivity index (χ4n) is 0.395. The first-order chi connectivity index (χ1) is 4.72. The highest BCUT2D eigenvalue weighted by Crippen LogP contribution is 1.88. The van der Waals surface area contributed by atoms with Crippen LogP contribution in [-0.4, -0.2) is 29.5 Å². The number of rotatable bonds is 3. The summed E-state index contributed by atoms with van der Waals surface area (Å²) in [7, 11) is 0. The molecule has 0 rings (SSSR count). The van der Waals surface area contributed by atoms with Crippen LogP contribution in [0.25, 0.3) is 0 Å². The number of amides is 1. The summed E-state index contributed by atoms with van der Waals surface area (Å²) in [4.78, 5) is 10.5. The van der Waals surface area contributed by atoms with E-state index < -0.39 is 6.09 Å². The van der Waals surface area contributed by atoms with Gasteiger partial charge in [0.1, 0.15) is 0 Å². The molecule has 0 atom stereocenters. The highest BCUT2D eigenvalue weighted by Gasteiger charge is 2.07. The van der Waals surface area contributed by atoms with E-state index in [-0.39, 0.29) is 13.2 Å². The van der Waals surface area contributed by atoms with Crippen molar-refractivity contribution in [3.63, 3.8) is 0 Å². The Morgan fingerprint density at radius 1 is 1.90 bits per heavy atom. The third-order valence-electron chi connectivity index (χ3n) is 0.781. The van der Waals surface area contributed by atoms with Crippen molar-refractivity contribution in [1.29, 1.82) is 0 Å². The predicted molar refractivity (Wildman–Crippen MR) is 35.7 cm³/mol. The van der Waals surface area contributed by atoms with Crippen LogP contribution in [0.5, 0.6) is 0 Å². The van der Waals surface area contributed by atoms with Crippen molar-refractivity contribution in [2.24, 2.45) is 0 Å². The molecular formula is C6H11NO3. The molecule has 4 nitrogen and oxygen atoms in total. The number of carbonyl (C=O) groups is 1. The number of nitrogens with zero attached hydrogens (tertiary/aromatic N) is 1. The Balaban J connectivity index is 3.58. The second-order valence-electron chi connectivity index (χ2n) is 1.57. The average molecular weight is 145 g/mol. The van der Waals surface area contributed by atoms with Gasteiger partial charge in [-0.15, -0.1) is 6.58 Å². The van der Waals surface area contributed by atoms with E-state index in [2.05, 4.69) is 11.3 Å². The minimum Gasteiger partial charge on any atom is -0.448 e. The molecular weight excluding hydrogens is 134 g/mol. The molecule has 0 saturated heterocycles. The fourth-order valence-corrected chi connectivity index (χ4v) is 0.395. The molecule has 0 aromatic carbocycles. The largest absolute Gasteiger partial charge is 0.448 e. The molecule has 0 fully saturated rings. The lowest BCUT2D eigenvalue weighted by Crippen LogP contribution is -2.27. The molecule has 0 saturated carbocycles. The summed E-state index contributed by atoms with van der Waals surface area (Å²) < 4.78 is 4.45. The van der Waals surface area contributed by atoms with Gasteiger partial charge in [0.05, 0.1) is 13.2 Å². The molecule has 0 radical (unpaired) electrons. The van der Waals surface area contributed by atoms with Crippen molar-refractivity contribution >= 4 is 6.09 Å². The summed E-state index contributed by atoms with van der Waals surface area (Å²) in [5.41, 5.74) is 0. The zero-order valence-corrected chi connectivity index (χ0v) is 5.91. The zero-order valence-electron chi connectivity index (χ0n) is 5.91. The molecule has 0 heterocycles. The molecule has 1 N–H and O–H groups in total.